The molecule has 0 fully saturated rings. The van der Waals surface area contributed by atoms with E-state index in [0.29, 0.717) is 11.3 Å². The van der Waals surface area contributed by atoms with E-state index in [1.165, 1.54) is 13.2 Å². The maximum atomic E-state index is 12.8. The number of carbonyl (C=O) groups excluding carboxylic acids is 2. The van der Waals surface area contributed by atoms with Gasteiger partial charge in [-0.3, -0.25) is 4.98 Å². The van der Waals surface area contributed by atoms with Crippen LogP contribution in [0.2, 0.25) is 0 Å². The highest BCUT2D eigenvalue weighted by Gasteiger charge is 2.25. The van der Waals surface area contributed by atoms with Gasteiger partial charge < -0.3 is 13.9 Å². The minimum absolute atomic E-state index is 0.0543. The number of carbonyl (C=O) groups is 2. The second kappa shape index (κ2) is 6.63. The Bertz CT molecular complexity index is 1000. The lowest BCUT2D eigenvalue weighted by Gasteiger charge is -2.11. The number of hydrogen-bond acceptors (Lipinski definition) is 6. The van der Waals surface area contributed by atoms with E-state index in [0.717, 1.165) is 41.4 Å². The highest BCUT2D eigenvalue weighted by atomic mass is 16.5. The molecule has 0 saturated heterocycles. The van der Waals surface area contributed by atoms with Crippen molar-refractivity contribution in [2.75, 3.05) is 7.11 Å². The Hall–Kier alpha value is -3.15. The lowest BCUT2D eigenvalue weighted by atomic mass is 10.0. The molecule has 0 amide bonds. The molecule has 0 atom stereocenters. The summed E-state index contributed by atoms with van der Waals surface area (Å²) in [5.74, 6) is -0.513. The summed E-state index contributed by atoms with van der Waals surface area (Å²) in [6.45, 7) is -0.0543. The summed E-state index contributed by atoms with van der Waals surface area (Å²) in [5, 5.41) is 0.799. The fourth-order valence-electron chi connectivity index (χ4n) is 3.32. The van der Waals surface area contributed by atoms with Crippen molar-refractivity contribution >= 4 is 22.8 Å². The molecule has 3 aromatic rings. The van der Waals surface area contributed by atoms with Gasteiger partial charge in [-0.1, -0.05) is 18.2 Å². The SMILES string of the molecule is COC(=O)c1ccc(COC(=O)c2c3c(nc4ccccc24)CCC3)o1. The zero-order valence-corrected chi connectivity index (χ0v) is 14.3. The number of aromatic nitrogens is 1. The Morgan fingerprint density at radius 1 is 1.12 bits per heavy atom. The van der Waals surface area contributed by atoms with Gasteiger partial charge in [0.25, 0.3) is 0 Å². The molecule has 0 spiro atoms. The molecule has 0 unspecified atom stereocenters. The second-order valence-corrected chi connectivity index (χ2v) is 6.12. The molecule has 132 valence electrons. The van der Waals surface area contributed by atoms with E-state index in [2.05, 4.69) is 9.72 Å². The number of methoxy groups -OCH3 is 1. The zero-order valence-electron chi connectivity index (χ0n) is 14.3. The Kier molecular flexibility index (Phi) is 4.16. The molecule has 2 heterocycles. The molecule has 0 N–H and O–H groups in total. The summed E-state index contributed by atoms with van der Waals surface area (Å²) >= 11 is 0. The van der Waals surface area contributed by atoms with Gasteiger partial charge in [-0.05, 0) is 43.0 Å². The summed E-state index contributed by atoms with van der Waals surface area (Å²) < 4.78 is 15.4. The number of pyridine rings is 1. The normalized spacial score (nSPS) is 12.8. The molecular weight excluding hydrogens is 334 g/mol. The molecule has 1 aromatic carbocycles. The summed E-state index contributed by atoms with van der Waals surface area (Å²) in [4.78, 5) is 28.9. The van der Waals surface area contributed by atoms with Gasteiger partial charge in [-0.25, -0.2) is 9.59 Å². The molecule has 1 aliphatic carbocycles. The molecule has 0 saturated carbocycles. The maximum absolute atomic E-state index is 12.8. The van der Waals surface area contributed by atoms with Gasteiger partial charge >= 0.3 is 11.9 Å². The van der Waals surface area contributed by atoms with Crippen molar-refractivity contribution in [1.29, 1.82) is 0 Å². The molecule has 6 nitrogen and oxygen atoms in total. The average Bonchev–Trinajstić information content (AvgIpc) is 3.32. The number of nitrogens with zero attached hydrogens (tertiary/aromatic N) is 1. The lowest BCUT2D eigenvalue weighted by molar-refractivity contribution is 0.0439. The molecule has 2 aromatic heterocycles. The first-order chi connectivity index (χ1) is 12.7. The van der Waals surface area contributed by atoms with E-state index < -0.39 is 11.9 Å². The van der Waals surface area contributed by atoms with Crippen LogP contribution in [0.5, 0.6) is 0 Å². The fraction of sp³-hybridized carbons (Fsp3) is 0.250. The van der Waals surface area contributed by atoms with Gasteiger partial charge in [-0.2, -0.15) is 0 Å². The minimum Gasteiger partial charge on any atom is -0.463 e. The third-order valence-electron chi connectivity index (χ3n) is 4.52. The number of hydrogen-bond donors (Lipinski definition) is 0. The molecule has 26 heavy (non-hydrogen) atoms. The second-order valence-electron chi connectivity index (χ2n) is 6.12. The van der Waals surface area contributed by atoms with Crippen LogP contribution in [0.1, 0.15) is 44.4 Å². The highest BCUT2D eigenvalue weighted by Crippen LogP contribution is 2.30. The van der Waals surface area contributed by atoms with Crippen molar-refractivity contribution in [3.05, 3.63) is 64.7 Å². The predicted molar refractivity (Wildman–Crippen MR) is 92.9 cm³/mol. The number of furan rings is 1. The smallest absolute Gasteiger partial charge is 0.373 e. The highest BCUT2D eigenvalue weighted by molar-refractivity contribution is 6.05. The minimum atomic E-state index is -0.569. The number of benzene rings is 1. The van der Waals surface area contributed by atoms with E-state index in [4.69, 9.17) is 9.15 Å². The van der Waals surface area contributed by atoms with Gasteiger partial charge in [0.15, 0.2) is 0 Å². The van der Waals surface area contributed by atoms with Crippen molar-refractivity contribution < 1.29 is 23.5 Å². The molecule has 0 bridgehead atoms. The molecule has 4 rings (SSSR count). The van der Waals surface area contributed by atoms with Crippen LogP contribution >= 0.6 is 0 Å². The number of esters is 2. The first-order valence-electron chi connectivity index (χ1n) is 8.42. The van der Waals surface area contributed by atoms with E-state index in [1.807, 2.05) is 24.3 Å². The number of aryl methyl sites for hydroxylation is 1. The third kappa shape index (κ3) is 2.83. The predicted octanol–water partition coefficient (Wildman–Crippen LogP) is 3.46. The quantitative estimate of drug-likeness (QED) is 0.670. The third-order valence-corrected chi connectivity index (χ3v) is 4.52. The number of ether oxygens (including phenoxy) is 2. The molecule has 0 aliphatic heterocycles. The fourth-order valence-corrected chi connectivity index (χ4v) is 3.32. The van der Waals surface area contributed by atoms with Gasteiger partial charge in [-0.15, -0.1) is 0 Å². The van der Waals surface area contributed by atoms with Crippen LogP contribution in [-0.4, -0.2) is 24.0 Å². The van der Waals surface area contributed by atoms with Crippen LogP contribution in [0.3, 0.4) is 0 Å². The topological polar surface area (TPSA) is 78.6 Å². The van der Waals surface area contributed by atoms with Crippen molar-refractivity contribution in [2.45, 2.75) is 25.9 Å². The summed E-state index contributed by atoms with van der Waals surface area (Å²) in [6.07, 6.45) is 2.69. The summed E-state index contributed by atoms with van der Waals surface area (Å²) in [7, 11) is 1.28. The number of fused-ring (bicyclic) bond motifs is 2. The largest absolute Gasteiger partial charge is 0.463 e. The van der Waals surface area contributed by atoms with E-state index in [9.17, 15) is 9.59 Å². The van der Waals surface area contributed by atoms with Crippen LogP contribution in [-0.2, 0) is 28.9 Å². The Balaban J connectivity index is 1.61. The van der Waals surface area contributed by atoms with Crippen molar-refractivity contribution in [1.82, 2.24) is 4.98 Å². The molecular formula is C20H17NO5. The van der Waals surface area contributed by atoms with Crippen LogP contribution in [0, 0.1) is 0 Å². The Morgan fingerprint density at radius 3 is 2.81 bits per heavy atom. The van der Waals surface area contributed by atoms with Crippen molar-refractivity contribution in [3.8, 4) is 0 Å². The van der Waals surface area contributed by atoms with Crippen LogP contribution in [0.25, 0.3) is 10.9 Å². The standard InChI is InChI=1S/C20H17NO5/c1-24-19(22)17-10-9-12(26-17)11-25-20(23)18-13-5-2-3-7-15(13)21-16-8-4-6-14(16)18/h2-3,5,7,9-10H,4,6,8,11H2,1H3. The first-order valence-corrected chi connectivity index (χ1v) is 8.42. The lowest BCUT2D eigenvalue weighted by Crippen LogP contribution is -2.10. The summed E-state index contributed by atoms with van der Waals surface area (Å²) in [6, 6.07) is 10.7. The Labute approximate surface area is 149 Å². The van der Waals surface area contributed by atoms with E-state index in [-0.39, 0.29) is 12.4 Å². The molecule has 0 radical (unpaired) electrons. The first kappa shape index (κ1) is 16.3. The maximum Gasteiger partial charge on any atom is 0.373 e. The van der Waals surface area contributed by atoms with Gasteiger partial charge in [0, 0.05) is 11.1 Å². The number of rotatable bonds is 4. The van der Waals surface area contributed by atoms with Crippen LogP contribution in [0.15, 0.2) is 40.8 Å². The monoisotopic (exact) mass is 351 g/mol. The van der Waals surface area contributed by atoms with Crippen LogP contribution < -0.4 is 0 Å². The average molecular weight is 351 g/mol. The van der Waals surface area contributed by atoms with Crippen LogP contribution in [0.4, 0.5) is 0 Å². The summed E-state index contributed by atoms with van der Waals surface area (Å²) in [5.41, 5.74) is 3.33. The zero-order chi connectivity index (χ0) is 18.1. The molecule has 1 aliphatic rings. The number of para-hydroxylation sites is 1. The Morgan fingerprint density at radius 2 is 1.96 bits per heavy atom. The van der Waals surface area contributed by atoms with Crippen molar-refractivity contribution in [2.24, 2.45) is 0 Å². The van der Waals surface area contributed by atoms with Crippen molar-refractivity contribution in [3.63, 3.8) is 0 Å². The van der Waals surface area contributed by atoms with Gasteiger partial charge in [0.2, 0.25) is 5.76 Å². The van der Waals surface area contributed by atoms with E-state index >= 15 is 0 Å². The van der Waals surface area contributed by atoms with Gasteiger partial charge in [0.05, 0.1) is 18.2 Å². The molecule has 6 heteroatoms. The van der Waals surface area contributed by atoms with Gasteiger partial charge in [0.1, 0.15) is 12.4 Å². The van der Waals surface area contributed by atoms with E-state index in [1.54, 1.807) is 6.07 Å².